The Labute approximate surface area is 171 Å². The maximum atomic E-state index is 12.9. The van der Waals surface area contributed by atoms with Gasteiger partial charge in [0.25, 0.3) is 11.8 Å². The van der Waals surface area contributed by atoms with E-state index in [0.29, 0.717) is 21.8 Å². The molecule has 0 saturated heterocycles. The van der Waals surface area contributed by atoms with Crippen LogP contribution in [0.3, 0.4) is 0 Å². The predicted octanol–water partition coefficient (Wildman–Crippen LogP) is 4.72. The van der Waals surface area contributed by atoms with Crippen molar-refractivity contribution in [1.82, 2.24) is 5.32 Å². The van der Waals surface area contributed by atoms with Crippen molar-refractivity contribution < 1.29 is 9.59 Å². The number of carbonyl (C=O) groups is 2. The molecule has 1 fully saturated rings. The fourth-order valence-corrected chi connectivity index (χ4v) is 3.72. The monoisotopic (exact) mass is 399 g/mol. The number of nitrogens with zero attached hydrogens (tertiary/aromatic N) is 1. The predicted molar refractivity (Wildman–Crippen MR) is 115 cm³/mol. The molecule has 0 aromatic heterocycles. The van der Waals surface area contributed by atoms with Crippen LogP contribution in [-0.2, 0) is 0 Å². The second-order valence-electron chi connectivity index (χ2n) is 7.40. The summed E-state index contributed by atoms with van der Waals surface area (Å²) < 4.78 is 0. The third kappa shape index (κ3) is 5.04. The first kappa shape index (κ1) is 20.2. The number of carbonyl (C=O) groups excluding carboxylic acids is 2. The van der Waals surface area contributed by atoms with E-state index in [4.69, 9.17) is 11.6 Å². The molecule has 0 bridgehead atoms. The maximum absolute atomic E-state index is 12.9. The summed E-state index contributed by atoms with van der Waals surface area (Å²) in [7, 11) is 3.80. The molecule has 2 aromatic carbocycles. The smallest absolute Gasteiger partial charge is 0.255 e. The SMILES string of the molecule is CN(C)c1ccc(NC(=O)c2cccc(Cl)c2)cc1C(=O)NC1CCCCC1. The number of hydrogen-bond acceptors (Lipinski definition) is 3. The van der Waals surface area contributed by atoms with Crippen molar-refractivity contribution >= 4 is 34.8 Å². The fourth-order valence-electron chi connectivity index (χ4n) is 3.53. The first-order valence-corrected chi connectivity index (χ1v) is 10.0. The first-order chi connectivity index (χ1) is 13.4. The Kier molecular flexibility index (Phi) is 6.57. The van der Waals surface area contributed by atoms with Gasteiger partial charge in [-0.05, 0) is 49.2 Å². The number of hydrogen-bond donors (Lipinski definition) is 2. The number of anilines is 2. The van der Waals surface area contributed by atoms with Crippen LogP contribution in [0.25, 0.3) is 0 Å². The van der Waals surface area contributed by atoms with E-state index < -0.39 is 0 Å². The van der Waals surface area contributed by atoms with E-state index in [0.717, 1.165) is 31.4 Å². The second-order valence-corrected chi connectivity index (χ2v) is 7.84. The zero-order valence-corrected chi connectivity index (χ0v) is 17.1. The van der Waals surface area contributed by atoms with Gasteiger partial charge in [0.15, 0.2) is 0 Å². The average molecular weight is 400 g/mol. The lowest BCUT2D eigenvalue weighted by Crippen LogP contribution is -2.36. The molecule has 0 atom stereocenters. The van der Waals surface area contributed by atoms with Gasteiger partial charge in [0, 0.05) is 42.1 Å². The molecule has 0 unspecified atom stereocenters. The standard InChI is InChI=1S/C22H26ClN3O2/c1-26(2)20-12-11-18(25-21(27)15-7-6-8-16(23)13-15)14-19(20)22(28)24-17-9-4-3-5-10-17/h6-8,11-14,17H,3-5,9-10H2,1-2H3,(H,24,28)(H,25,27). The molecule has 5 nitrogen and oxygen atoms in total. The fraction of sp³-hybridized carbons (Fsp3) is 0.364. The van der Waals surface area contributed by atoms with Crippen LogP contribution in [0.1, 0.15) is 52.8 Å². The summed E-state index contributed by atoms with van der Waals surface area (Å²) in [5, 5.41) is 6.51. The van der Waals surface area contributed by atoms with Crippen LogP contribution in [0.5, 0.6) is 0 Å². The van der Waals surface area contributed by atoms with Gasteiger partial charge in [-0.3, -0.25) is 9.59 Å². The molecule has 6 heteroatoms. The maximum Gasteiger partial charge on any atom is 0.255 e. The number of benzene rings is 2. The number of nitrogens with one attached hydrogen (secondary N) is 2. The van der Waals surface area contributed by atoms with Gasteiger partial charge in [0.2, 0.25) is 0 Å². The van der Waals surface area contributed by atoms with E-state index in [1.54, 1.807) is 36.4 Å². The van der Waals surface area contributed by atoms with Gasteiger partial charge in [-0.2, -0.15) is 0 Å². The summed E-state index contributed by atoms with van der Waals surface area (Å²) in [6.07, 6.45) is 5.59. The summed E-state index contributed by atoms with van der Waals surface area (Å²) in [5.74, 6) is -0.367. The normalized spacial score (nSPS) is 14.4. The Morgan fingerprint density at radius 3 is 2.43 bits per heavy atom. The van der Waals surface area contributed by atoms with E-state index in [9.17, 15) is 9.59 Å². The molecule has 0 heterocycles. The zero-order valence-electron chi connectivity index (χ0n) is 16.3. The molecule has 28 heavy (non-hydrogen) atoms. The Morgan fingerprint density at radius 1 is 1.00 bits per heavy atom. The lowest BCUT2D eigenvalue weighted by molar-refractivity contribution is 0.0927. The average Bonchev–Trinajstić information content (AvgIpc) is 2.68. The van der Waals surface area contributed by atoms with Gasteiger partial charge in [0.1, 0.15) is 0 Å². The van der Waals surface area contributed by atoms with Crippen molar-refractivity contribution in [2.24, 2.45) is 0 Å². The van der Waals surface area contributed by atoms with E-state index >= 15 is 0 Å². The molecular weight excluding hydrogens is 374 g/mol. The Hall–Kier alpha value is -2.53. The van der Waals surface area contributed by atoms with Gasteiger partial charge in [0.05, 0.1) is 5.56 Å². The van der Waals surface area contributed by atoms with Crippen LogP contribution in [0.15, 0.2) is 42.5 Å². The summed E-state index contributed by atoms with van der Waals surface area (Å²) in [6.45, 7) is 0. The Balaban J connectivity index is 1.80. The molecule has 148 valence electrons. The van der Waals surface area contributed by atoms with Crippen LogP contribution in [0.4, 0.5) is 11.4 Å². The molecule has 3 rings (SSSR count). The van der Waals surface area contributed by atoms with Crippen LogP contribution < -0.4 is 15.5 Å². The van der Waals surface area contributed by atoms with E-state index in [-0.39, 0.29) is 17.9 Å². The molecule has 2 aromatic rings. The van der Waals surface area contributed by atoms with Gasteiger partial charge >= 0.3 is 0 Å². The van der Waals surface area contributed by atoms with Crippen LogP contribution in [0.2, 0.25) is 5.02 Å². The summed E-state index contributed by atoms with van der Waals surface area (Å²) >= 11 is 5.97. The van der Waals surface area contributed by atoms with Gasteiger partial charge in [-0.15, -0.1) is 0 Å². The number of amides is 2. The minimum Gasteiger partial charge on any atom is -0.377 e. The van der Waals surface area contributed by atoms with E-state index in [2.05, 4.69) is 10.6 Å². The lowest BCUT2D eigenvalue weighted by Gasteiger charge is -2.24. The highest BCUT2D eigenvalue weighted by Crippen LogP contribution is 2.25. The third-order valence-corrected chi connectivity index (χ3v) is 5.24. The largest absolute Gasteiger partial charge is 0.377 e. The quantitative estimate of drug-likeness (QED) is 0.764. The second kappa shape index (κ2) is 9.11. The van der Waals surface area contributed by atoms with Crippen molar-refractivity contribution in [1.29, 1.82) is 0 Å². The van der Waals surface area contributed by atoms with Gasteiger partial charge in [-0.25, -0.2) is 0 Å². The highest BCUT2D eigenvalue weighted by Gasteiger charge is 2.20. The van der Waals surface area contributed by atoms with E-state index in [1.807, 2.05) is 25.1 Å². The number of halogens is 1. The van der Waals surface area contributed by atoms with Crippen LogP contribution in [0, 0.1) is 0 Å². The van der Waals surface area contributed by atoms with E-state index in [1.165, 1.54) is 6.42 Å². The Bertz CT molecular complexity index is 861. The molecule has 1 aliphatic carbocycles. The third-order valence-electron chi connectivity index (χ3n) is 5.01. The van der Waals surface area contributed by atoms with Gasteiger partial charge < -0.3 is 15.5 Å². The minimum atomic E-state index is -0.265. The molecule has 1 aliphatic rings. The topological polar surface area (TPSA) is 61.4 Å². The lowest BCUT2D eigenvalue weighted by atomic mass is 9.95. The summed E-state index contributed by atoms with van der Waals surface area (Å²) in [5.41, 5.74) is 2.41. The van der Waals surface area contributed by atoms with Crippen molar-refractivity contribution in [2.75, 3.05) is 24.3 Å². The first-order valence-electron chi connectivity index (χ1n) is 9.63. The Morgan fingerprint density at radius 2 is 1.75 bits per heavy atom. The molecule has 0 spiro atoms. The van der Waals surface area contributed by atoms with Crippen molar-refractivity contribution in [3.05, 3.63) is 58.6 Å². The number of rotatable bonds is 5. The highest BCUT2D eigenvalue weighted by atomic mass is 35.5. The molecule has 2 N–H and O–H groups in total. The van der Waals surface area contributed by atoms with Crippen molar-refractivity contribution in [3.8, 4) is 0 Å². The van der Waals surface area contributed by atoms with Crippen LogP contribution in [-0.4, -0.2) is 32.0 Å². The van der Waals surface area contributed by atoms with Crippen molar-refractivity contribution in [3.63, 3.8) is 0 Å². The molecule has 0 radical (unpaired) electrons. The molecule has 1 saturated carbocycles. The summed E-state index contributed by atoms with van der Waals surface area (Å²) in [6, 6.07) is 12.4. The van der Waals surface area contributed by atoms with Crippen molar-refractivity contribution in [2.45, 2.75) is 38.1 Å². The minimum absolute atomic E-state index is 0.102. The van der Waals surface area contributed by atoms with Crippen LogP contribution >= 0.6 is 11.6 Å². The highest BCUT2D eigenvalue weighted by molar-refractivity contribution is 6.31. The van der Waals surface area contributed by atoms with Gasteiger partial charge in [-0.1, -0.05) is 36.9 Å². The molecule has 2 amide bonds. The molecule has 0 aliphatic heterocycles. The zero-order chi connectivity index (χ0) is 20.1. The summed E-state index contributed by atoms with van der Waals surface area (Å²) in [4.78, 5) is 27.3. The molecular formula is C22H26ClN3O2.